The summed E-state index contributed by atoms with van der Waals surface area (Å²) in [5.74, 6) is -3.25. The summed E-state index contributed by atoms with van der Waals surface area (Å²) in [6, 6.07) is 10.0. The third-order valence-electron chi connectivity index (χ3n) is 7.45. The first-order chi connectivity index (χ1) is 17.3. The fourth-order valence-electron chi connectivity index (χ4n) is 5.73. The highest BCUT2D eigenvalue weighted by atomic mass is 32.1. The first kappa shape index (κ1) is 22.9. The smallest absolute Gasteiger partial charge is 0.341 e. The van der Waals surface area contributed by atoms with E-state index in [9.17, 15) is 19.2 Å². The Kier molecular flexibility index (Phi) is 5.24. The van der Waals surface area contributed by atoms with Crippen LogP contribution in [0, 0.1) is 25.7 Å². The fourth-order valence-corrected chi connectivity index (χ4v) is 7.58. The van der Waals surface area contributed by atoms with Gasteiger partial charge in [0.25, 0.3) is 0 Å². The van der Waals surface area contributed by atoms with Gasteiger partial charge in [-0.15, -0.1) is 22.7 Å². The number of thiophene rings is 2. The number of anilines is 1. The molecule has 2 amide bonds. The number of hydrogen-bond acceptors (Lipinski definition) is 8. The number of carbonyl (C=O) groups excluding carboxylic acids is 4. The molecule has 2 aromatic heterocycles. The van der Waals surface area contributed by atoms with Crippen LogP contribution < -0.4 is 4.90 Å². The Balaban J connectivity index is 1.52. The van der Waals surface area contributed by atoms with Crippen molar-refractivity contribution in [3.63, 3.8) is 0 Å². The van der Waals surface area contributed by atoms with Gasteiger partial charge in [0.15, 0.2) is 5.78 Å². The van der Waals surface area contributed by atoms with Gasteiger partial charge in [0, 0.05) is 11.1 Å². The van der Waals surface area contributed by atoms with Crippen LogP contribution in [0.5, 0.6) is 0 Å². The minimum Gasteiger partial charge on any atom is -0.465 e. The summed E-state index contributed by atoms with van der Waals surface area (Å²) in [7, 11) is 1.28. The van der Waals surface area contributed by atoms with Crippen molar-refractivity contribution in [2.24, 2.45) is 11.8 Å². The molecule has 5 heterocycles. The van der Waals surface area contributed by atoms with Gasteiger partial charge >= 0.3 is 5.97 Å². The molecule has 6 rings (SSSR count). The van der Waals surface area contributed by atoms with Crippen LogP contribution in [-0.2, 0) is 14.3 Å². The van der Waals surface area contributed by atoms with E-state index in [1.165, 1.54) is 29.8 Å². The molecule has 9 heteroatoms. The molecule has 0 N–H and O–H groups in total. The quantitative estimate of drug-likeness (QED) is 0.285. The fraction of sp³-hybridized carbons (Fsp3) is 0.259. The average molecular weight is 519 g/mol. The van der Waals surface area contributed by atoms with Gasteiger partial charge in [-0.05, 0) is 48.1 Å². The predicted molar refractivity (Wildman–Crippen MR) is 137 cm³/mol. The number of hydrogen-bond donors (Lipinski definition) is 0. The lowest BCUT2D eigenvalue weighted by molar-refractivity contribution is -0.123. The highest BCUT2D eigenvalue weighted by molar-refractivity contribution is 7.17. The minimum atomic E-state index is -0.874. The summed E-state index contributed by atoms with van der Waals surface area (Å²) in [6.45, 7) is 3.62. The van der Waals surface area contributed by atoms with Gasteiger partial charge in [-0.2, -0.15) is 0 Å². The molecule has 0 spiro atoms. The Morgan fingerprint density at radius 1 is 1.00 bits per heavy atom. The molecule has 0 aliphatic carbocycles. The van der Waals surface area contributed by atoms with E-state index in [1.807, 2.05) is 53.7 Å². The van der Waals surface area contributed by atoms with Crippen molar-refractivity contribution in [3.05, 3.63) is 80.0 Å². The summed E-state index contributed by atoms with van der Waals surface area (Å²) in [6.07, 6.45) is 3.77. The number of benzene rings is 1. The highest BCUT2D eigenvalue weighted by Gasteiger charge is 2.65. The van der Waals surface area contributed by atoms with Crippen LogP contribution in [0.4, 0.5) is 5.00 Å². The van der Waals surface area contributed by atoms with E-state index in [0.29, 0.717) is 10.4 Å². The zero-order valence-electron chi connectivity index (χ0n) is 19.8. The highest BCUT2D eigenvalue weighted by Crippen LogP contribution is 2.55. The Morgan fingerprint density at radius 2 is 1.75 bits per heavy atom. The molecule has 2 fully saturated rings. The molecular weight excluding hydrogens is 496 g/mol. The van der Waals surface area contributed by atoms with Crippen LogP contribution >= 0.6 is 22.7 Å². The molecule has 3 aliphatic rings. The molecular formula is C27H22N2O5S2. The Morgan fingerprint density at radius 3 is 2.47 bits per heavy atom. The van der Waals surface area contributed by atoms with Crippen LogP contribution in [0.1, 0.15) is 47.6 Å². The third-order valence-corrected chi connectivity index (χ3v) is 9.53. The molecule has 3 aliphatic heterocycles. The van der Waals surface area contributed by atoms with E-state index >= 15 is 0 Å². The molecule has 1 aromatic carbocycles. The number of aryl methyl sites for hydroxylation is 1. The molecule has 4 atom stereocenters. The Bertz CT molecular complexity index is 1470. The number of methoxy groups -OCH3 is 1. The largest absolute Gasteiger partial charge is 0.465 e. The summed E-state index contributed by atoms with van der Waals surface area (Å²) in [5, 5.41) is 2.10. The summed E-state index contributed by atoms with van der Waals surface area (Å²) >= 11 is 2.55. The van der Waals surface area contributed by atoms with E-state index < -0.39 is 41.7 Å². The molecule has 0 saturated carbocycles. The zero-order chi connectivity index (χ0) is 25.3. The van der Waals surface area contributed by atoms with Crippen LogP contribution in [0.2, 0.25) is 0 Å². The first-order valence-corrected chi connectivity index (χ1v) is 13.2. The van der Waals surface area contributed by atoms with Crippen LogP contribution in [0.15, 0.2) is 48.0 Å². The van der Waals surface area contributed by atoms with E-state index in [1.54, 1.807) is 19.1 Å². The second kappa shape index (κ2) is 8.25. The number of Topliss-reactive ketones (excluding diaryl/α,β-unsaturated/α-hetero) is 1. The SMILES string of the molecule is COC(=O)c1c(N2C(=O)[C@@H]3[C@H](C2=O)C2c4ccccc4C=CN2[C@@H]3C(=O)c2cccs2)sc(C)c1C. The molecule has 2 saturated heterocycles. The number of esters is 1. The molecule has 36 heavy (non-hydrogen) atoms. The van der Waals surface area contributed by atoms with Gasteiger partial charge in [-0.3, -0.25) is 14.4 Å². The molecule has 3 aromatic rings. The van der Waals surface area contributed by atoms with Crippen molar-refractivity contribution in [1.82, 2.24) is 4.90 Å². The Labute approximate surface area is 215 Å². The van der Waals surface area contributed by atoms with E-state index in [2.05, 4.69) is 0 Å². The number of amides is 2. The number of ether oxygens (including phenoxy) is 1. The van der Waals surface area contributed by atoms with Crippen LogP contribution in [0.3, 0.4) is 0 Å². The number of carbonyl (C=O) groups is 4. The van der Waals surface area contributed by atoms with Crippen molar-refractivity contribution in [3.8, 4) is 0 Å². The lowest BCUT2D eigenvalue weighted by atomic mass is 9.84. The van der Waals surface area contributed by atoms with Crippen LogP contribution in [0.25, 0.3) is 6.08 Å². The molecule has 0 radical (unpaired) electrons. The first-order valence-electron chi connectivity index (χ1n) is 11.5. The van der Waals surface area contributed by atoms with Crippen LogP contribution in [-0.4, -0.2) is 41.6 Å². The van der Waals surface area contributed by atoms with E-state index in [0.717, 1.165) is 20.9 Å². The Hall–Kier alpha value is -3.56. The minimum absolute atomic E-state index is 0.179. The molecule has 1 unspecified atom stereocenters. The van der Waals surface area contributed by atoms with Gasteiger partial charge in [0.1, 0.15) is 11.0 Å². The summed E-state index contributed by atoms with van der Waals surface area (Å²) in [4.78, 5) is 59.0. The maximum Gasteiger partial charge on any atom is 0.341 e. The number of ketones is 1. The van der Waals surface area contributed by atoms with Gasteiger partial charge in [0.05, 0.1) is 35.4 Å². The summed E-state index contributed by atoms with van der Waals surface area (Å²) in [5.41, 5.74) is 2.77. The van der Waals surface area contributed by atoms with Crippen molar-refractivity contribution in [2.45, 2.75) is 25.9 Å². The second-order valence-corrected chi connectivity index (χ2v) is 11.3. The summed E-state index contributed by atoms with van der Waals surface area (Å²) < 4.78 is 4.98. The van der Waals surface area contributed by atoms with E-state index in [-0.39, 0.29) is 16.3 Å². The van der Waals surface area contributed by atoms with Crippen molar-refractivity contribution in [1.29, 1.82) is 0 Å². The van der Waals surface area contributed by atoms with Crippen molar-refractivity contribution in [2.75, 3.05) is 12.0 Å². The molecule has 0 bridgehead atoms. The normalized spacial score (nSPS) is 24.1. The number of fused-ring (bicyclic) bond motifs is 5. The molecule has 7 nitrogen and oxygen atoms in total. The number of imide groups is 1. The van der Waals surface area contributed by atoms with Gasteiger partial charge in [0.2, 0.25) is 11.8 Å². The topological polar surface area (TPSA) is 84.0 Å². The van der Waals surface area contributed by atoms with E-state index in [4.69, 9.17) is 4.74 Å². The third kappa shape index (κ3) is 3.02. The lowest BCUT2D eigenvalue weighted by Gasteiger charge is -2.35. The second-order valence-electron chi connectivity index (χ2n) is 9.14. The maximum atomic E-state index is 14.1. The van der Waals surface area contributed by atoms with Gasteiger partial charge in [-0.25, -0.2) is 9.69 Å². The number of nitrogens with zero attached hydrogens (tertiary/aromatic N) is 2. The van der Waals surface area contributed by atoms with Gasteiger partial charge < -0.3 is 9.64 Å². The molecule has 182 valence electrons. The number of rotatable bonds is 4. The average Bonchev–Trinajstić information content (AvgIpc) is 3.64. The maximum absolute atomic E-state index is 14.1. The van der Waals surface area contributed by atoms with Crippen molar-refractivity contribution >= 4 is 57.3 Å². The lowest BCUT2D eigenvalue weighted by Crippen LogP contribution is -2.44. The monoisotopic (exact) mass is 518 g/mol. The standard InChI is InChI=1S/C27H22N2O5S2/c1-13-14(2)36-26(18(13)27(33)34-3)29-24(31)19-20(25(29)32)22(23(30)17-9-6-12-35-17)28-11-10-15-7-4-5-8-16(15)21(19)28/h4-12,19-22H,1-3H3/t19-,20+,21?,22-/m0/s1. The van der Waals surface area contributed by atoms with Gasteiger partial charge in [-0.1, -0.05) is 30.3 Å². The van der Waals surface area contributed by atoms with Crippen molar-refractivity contribution < 1.29 is 23.9 Å². The predicted octanol–water partition coefficient (Wildman–Crippen LogP) is 4.61. The zero-order valence-corrected chi connectivity index (χ0v) is 21.4.